The van der Waals surface area contributed by atoms with Crippen LogP contribution in [0.5, 0.6) is 6.01 Å². The molecular formula is C34H42Cl2F2N8O3. The summed E-state index contributed by atoms with van der Waals surface area (Å²) in [5, 5.41) is 5.05. The highest BCUT2D eigenvalue weighted by Gasteiger charge is 2.50. The smallest absolute Gasteiger partial charge is 0.318 e. The zero-order valence-corrected chi connectivity index (χ0v) is 29.4. The van der Waals surface area contributed by atoms with E-state index in [9.17, 15) is 9.18 Å². The highest BCUT2D eigenvalue weighted by atomic mass is 35.5. The number of nitrogens with zero attached hydrogens (tertiary/aromatic N) is 7. The quantitative estimate of drug-likeness (QED) is 0.370. The SMILES string of the molecule is CN(C)C(=O)c1cc2n(n1)CCCN(c1nc(OC[C@@]34CCCN3C[C@H](F)C4)nc3c1COC1(CCCc4c(Cl)cc(N)c(F)c41)C3)C2.Cl. The number of amides is 1. The molecule has 1 unspecified atom stereocenters. The predicted octanol–water partition coefficient (Wildman–Crippen LogP) is 4.84. The summed E-state index contributed by atoms with van der Waals surface area (Å²) >= 11 is 6.61. The van der Waals surface area contributed by atoms with E-state index in [4.69, 9.17) is 36.8 Å². The number of fused-ring (bicyclic) bond motifs is 5. The van der Waals surface area contributed by atoms with Crippen LogP contribution in [0.3, 0.4) is 0 Å². The van der Waals surface area contributed by atoms with Crippen LogP contribution in [-0.2, 0) is 42.9 Å². The number of aryl methyl sites for hydroxylation is 1. The van der Waals surface area contributed by atoms with E-state index in [1.807, 2.05) is 10.7 Å². The summed E-state index contributed by atoms with van der Waals surface area (Å²) in [6.45, 7) is 3.54. The Morgan fingerprint density at radius 3 is 2.82 bits per heavy atom. The molecule has 264 valence electrons. The summed E-state index contributed by atoms with van der Waals surface area (Å²) in [5.41, 5.74) is 8.72. The van der Waals surface area contributed by atoms with Crippen LogP contribution in [0.15, 0.2) is 12.1 Å². The molecule has 4 aliphatic heterocycles. The van der Waals surface area contributed by atoms with Crippen LogP contribution >= 0.6 is 24.0 Å². The van der Waals surface area contributed by atoms with Crippen molar-refractivity contribution in [3.05, 3.63) is 56.7 Å². The maximum atomic E-state index is 15.9. The van der Waals surface area contributed by atoms with Gasteiger partial charge in [-0.2, -0.15) is 15.1 Å². The molecule has 2 saturated heterocycles. The average Bonchev–Trinajstić information content (AvgIpc) is 3.68. The Balaban J connectivity index is 0.00000378. The van der Waals surface area contributed by atoms with Gasteiger partial charge in [-0.05, 0) is 62.8 Å². The fourth-order valence-electron chi connectivity index (χ4n) is 8.67. The van der Waals surface area contributed by atoms with Crippen LogP contribution in [-0.4, -0.2) is 87.5 Å². The molecule has 1 aromatic carbocycles. The minimum atomic E-state index is -0.987. The first-order valence-corrected chi connectivity index (χ1v) is 17.3. The normalized spacial score (nSPS) is 26.0. The van der Waals surface area contributed by atoms with Crippen molar-refractivity contribution in [2.45, 2.75) is 88.4 Å². The van der Waals surface area contributed by atoms with Gasteiger partial charge in [0.05, 0.1) is 35.8 Å². The molecule has 0 saturated carbocycles. The van der Waals surface area contributed by atoms with Gasteiger partial charge in [0.1, 0.15) is 24.2 Å². The number of nitrogens with two attached hydrogens (primary N) is 1. The summed E-state index contributed by atoms with van der Waals surface area (Å²) in [5.74, 6) is 0.0340. The number of ether oxygens (including phenoxy) is 2. The summed E-state index contributed by atoms with van der Waals surface area (Å²) < 4.78 is 45.4. The average molecular weight is 720 g/mol. The first kappa shape index (κ1) is 34.2. The zero-order valence-electron chi connectivity index (χ0n) is 27.8. The van der Waals surface area contributed by atoms with E-state index in [1.165, 1.54) is 11.0 Å². The predicted molar refractivity (Wildman–Crippen MR) is 183 cm³/mol. The second kappa shape index (κ2) is 12.8. The van der Waals surface area contributed by atoms with Gasteiger partial charge in [-0.1, -0.05) is 11.6 Å². The van der Waals surface area contributed by atoms with E-state index in [2.05, 4.69) is 14.9 Å². The first-order valence-electron chi connectivity index (χ1n) is 16.9. The molecule has 49 heavy (non-hydrogen) atoms. The Bertz CT molecular complexity index is 1790. The largest absolute Gasteiger partial charge is 0.461 e. The number of hydrogen-bond acceptors (Lipinski definition) is 9. The number of rotatable bonds is 5. The standard InChI is InChI=1S/C34H41ClF2N8O3.ClH/c1-42(2)31(46)26-12-21-17-43(9-5-11-45(21)41-26)30-23-18-48-34(8-3-6-22-24(35)13-25(38)29(37)28(22)34)15-27(23)39-32(40-30)47-19-33-7-4-10-44(33)16-20(36)14-33;/h12-13,20H,3-11,14-19,38H2,1-2H3;1H/t20-,33+,34?;/m1./s1. The molecule has 1 amide bonds. The second-order valence-electron chi connectivity index (χ2n) is 14.3. The number of anilines is 2. The van der Waals surface area contributed by atoms with Crippen molar-refractivity contribution in [2.24, 2.45) is 0 Å². The monoisotopic (exact) mass is 718 g/mol. The number of hydrogen-bond donors (Lipinski definition) is 1. The second-order valence-corrected chi connectivity index (χ2v) is 14.7. The van der Waals surface area contributed by atoms with Gasteiger partial charge in [-0.15, -0.1) is 12.4 Å². The van der Waals surface area contributed by atoms with E-state index in [1.54, 1.807) is 14.1 Å². The number of benzene rings is 1. The molecule has 3 aromatic rings. The number of carbonyl (C=O) groups excluding carboxylic acids is 1. The lowest BCUT2D eigenvalue weighted by Gasteiger charge is -2.43. The van der Waals surface area contributed by atoms with Crippen LogP contribution in [0.4, 0.5) is 20.3 Å². The summed E-state index contributed by atoms with van der Waals surface area (Å²) in [7, 11) is 3.42. The van der Waals surface area contributed by atoms with Crippen LogP contribution in [0.1, 0.15) is 77.1 Å². The molecule has 3 atom stereocenters. The van der Waals surface area contributed by atoms with Crippen molar-refractivity contribution in [3.8, 4) is 6.01 Å². The maximum absolute atomic E-state index is 15.9. The summed E-state index contributed by atoms with van der Waals surface area (Å²) in [4.78, 5) is 28.6. The third-order valence-corrected chi connectivity index (χ3v) is 11.3. The van der Waals surface area contributed by atoms with Crippen molar-refractivity contribution in [2.75, 3.05) is 51.0 Å². The number of carbonyl (C=O) groups is 1. The molecule has 0 radical (unpaired) electrons. The van der Waals surface area contributed by atoms with Crippen LogP contribution < -0.4 is 15.4 Å². The lowest BCUT2D eigenvalue weighted by Crippen LogP contribution is -2.44. The van der Waals surface area contributed by atoms with Crippen molar-refractivity contribution in [3.63, 3.8) is 0 Å². The molecule has 6 heterocycles. The molecule has 2 fully saturated rings. The Hall–Kier alpha value is -3.26. The fraction of sp³-hybridized carbons (Fsp3) is 0.588. The third kappa shape index (κ3) is 5.80. The molecule has 8 rings (SSSR count). The van der Waals surface area contributed by atoms with E-state index >= 15 is 4.39 Å². The van der Waals surface area contributed by atoms with E-state index in [0.29, 0.717) is 80.6 Å². The summed E-state index contributed by atoms with van der Waals surface area (Å²) in [6, 6.07) is 3.54. The molecule has 11 nitrogen and oxygen atoms in total. The van der Waals surface area contributed by atoms with Gasteiger partial charge in [0.15, 0.2) is 11.5 Å². The Morgan fingerprint density at radius 2 is 2.00 bits per heavy atom. The fourth-order valence-corrected chi connectivity index (χ4v) is 8.98. The van der Waals surface area contributed by atoms with E-state index in [0.717, 1.165) is 54.7 Å². The van der Waals surface area contributed by atoms with Crippen molar-refractivity contribution in [1.82, 2.24) is 29.5 Å². The molecule has 15 heteroatoms. The highest BCUT2D eigenvalue weighted by molar-refractivity contribution is 6.31. The number of aromatic nitrogens is 4. The Morgan fingerprint density at radius 1 is 1.16 bits per heavy atom. The van der Waals surface area contributed by atoms with Crippen molar-refractivity contribution in [1.29, 1.82) is 0 Å². The molecule has 1 aliphatic carbocycles. The van der Waals surface area contributed by atoms with E-state index in [-0.39, 0.29) is 42.2 Å². The molecular weight excluding hydrogens is 677 g/mol. The van der Waals surface area contributed by atoms with E-state index < -0.39 is 17.6 Å². The highest BCUT2D eigenvalue weighted by Crippen LogP contribution is 2.49. The van der Waals surface area contributed by atoms with Gasteiger partial charge in [-0.25, -0.2) is 8.78 Å². The number of nitrogen functional groups attached to an aromatic ring is 1. The third-order valence-electron chi connectivity index (χ3n) is 11.0. The maximum Gasteiger partial charge on any atom is 0.318 e. The van der Waals surface area contributed by atoms with Gasteiger partial charge < -0.3 is 25.0 Å². The molecule has 2 N–H and O–H groups in total. The Kier molecular flexibility index (Phi) is 8.94. The van der Waals surface area contributed by atoms with Gasteiger partial charge in [0.25, 0.3) is 5.91 Å². The molecule has 5 aliphatic rings. The van der Waals surface area contributed by atoms with Gasteiger partial charge in [-0.3, -0.25) is 14.4 Å². The van der Waals surface area contributed by atoms with Crippen LogP contribution in [0.25, 0.3) is 0 Å². The van der Waals surface area contributed by atoms with Crippen LogP contribution in [0.2, 0.25) is 5.02 Å². The van der Waals surface area contributed by atoms with Crippen molar-refractivity contribution >= 4 is 41.4 Å². The molecule has 1 spiro atoms. The van der Waals surface area contributed by atoms with Crippen molar-refractivity contribution < 1.29 is 23.0 Å². The lowest BCUT2D eigenvalue weighted by atomic mass is 9.74. The van der Waals surface area contributed by atoms with Gasteiger partial charge in [0, 0.05) is 62.7 Å². The number of alkyl halides is 1. The first-order chi connectivity index (χ1) is 23.1. The Labute approximate surface area is 295 Å². The summed E-state index contributed by atoms with van der Waals surface area (Å²) in [6.07, 6.45) is 4.51. The molecule has 2 aromatic heterocycles. The zero-order chi connectivity index (χ0) is 33.4. The lowest BCUT2D eigenvalue weighted by molar-refractivity contribution is -0.0876. The van der Waals surface area contributed by atoms with Gasteiger partial charge >= 0.3 is 6.01 Å². The number of halogens is 4. The van der Waals surface area contributed by atoms with Crippen LogP contribution in [0, 0.1) is 5.82 Å². The minimum Gasteiger partial charge on any atom is -0.461 e. The topological polar surface area (TPSA) is 115 Å². The molecule has 0 bridgehead atoms. The minimum absolute atomic E-state index is 0. The van der Waals surface area contributed by atoms with Gasteiger partial charge in [0.2, 0.25) is 0 Å².